The predicted molar refractivity (Wildman–Crippen MR) is 116 cm³/mol. The average molecular weight is 353 g/mol. The van der Waals surface area contributed by atoms with Crippen LogP contribution in [0, 0.1) is 0 Å². The van der Waals surface area contributed by atoms with Crippen LogP contribution in [0.25, 0.3) is 10.8 Å². The zero-order valence-corrected chi connectivity index (χ0v) is 18.1. The minimum absolute atomic E-state index is 0.764. The van der Waals surface area contributed by atoms with E-state index in [9.17, 15) is 0 Å². The molecule has 3 rings (SSSR count). The van der Waals surface area contributed by atoms with Gasteiger partial charge in [-0.15, -0.1) is 0 Å². The third-order valence-corrected chi connectivity index (χ3v) is 14.1. The van der Waals surface area contributed by atoms with Gasteiger partial charge in [-0.3, -0.25) is 0 Å². The molecule has 2 aromatic rings. The molecule has 0 aliphatic carbocycles. The van der Waals surface area contributed by atoms with Gasteiger partial charge in [0.15, 0.2) is 0 Å². The molecular formula is C24H36Si. The Labute approximate surface area is 156 Å². The Morgan fingerprint density at radius 1 is 0.840 bits per heavy atom. The second-order valence-electron chi connectivity index (χ2n) is 8.78. The highest BCUT2D eigenvalue weighted by Gasteiger charge is 2.53. The van der Waals surface area contributed by atoms with E-state index < -0.39 is 8.07 Å². The van der Waals surface area contributed by atoms with Crippen molar-refractivity contribution < 1.29 is 0 Å². The number of rotatable bonds is 6. The predicted octanol–water partition coefficient (Wildman–Crippen LogP) is 7.38. The fourth-order valence-electron chi connectivity index (χ4n) is 6.35. The molecule has 0 fully saturated rings. The van der Waals surface area contributed by atoms with E-state index >= 15 is 0 Å². The van der Waals surface area contributed by atoms with Crippen molar-refractivity contribution in [3.63, 3.8) is 0 Å². The van der Waals surface area contributed by atoms with E-state index in [1.807, 2.05) is 0 Å². The summed E-state index contributed by atoms with van der Waals surface area (Å²) >= 11 is 0. The monoisotopic (exact) mass is 352 g/mol. The molecule has 0 unspecified atom stereocenters. The topological polar surface area (TPSA) is 0 Å². The van der Waals surface area contributed by atoms with Crippen molar-refractivity contribution in [3.8, 4) is 0 Å². The first-order chi connectivity index (χ1) is 12.0. The van der Waals surface area contributed by atoms with Crippen LogP contribution in [0.4, 0.5) is 0 Å². The van der Waals surface area contributed by atoms with Crippen LogP contribution >= 0.6 is 0 Å². The Hall–Kier alpha value is -1.08. The normalized spacial score (nSPS) is 22.1. The summed E-state index contributed by atoms with van der Waals surface area (Å²) in [5.74, 6) is 0.764. The minimum Gasteiger partial charge on any atom is -0.0654 e. The van der Waals surface area contributed by atoms with Gasteiger partial charge in [0.1, 0.15) is 0 Å². The zero-order valence-electron chi connectivity index (χ0n) is 17.1. The molecule has 0 N–H and O–H groups in total. The summed E-state index contributed by atoms with van der Waals surface area (Å²) in [7, 11) is -1.64. The molecule has 136 valence electrons. The van der Waals surface area contributed by atoms with Gasteiger partial charge in [-0.05, 0) is 45.3 Å². The zero-order chi connectivity index (χ0) is 18.2. The number of hydrogen-bond acceptors (Lipinski definition) is 0. The first kappa shape index (κ1) is 18.7. The Morgan fingerprint density at radius 2 is 1.44 bits per heavy atom. The Morgan fingerprint density at radius 3 is 2.00 bits per heavy atom. The van der Waals surface area contributed by atoms with Crippen molar-refractivity contribution in [1.29, 1.82) is 0 Å². The molecule has 2 atom stereocenters. The molecule has 0 saturated heterocycles. The second kappa shape index (κ2) is 7.27. The molecule has 1 heterocycles. The van der Waals surface area contributed by atoms with Gasteiger partial charge in [-0.1, -0.05) is 102 Å². The third kappa shape index (κ3) is 2.70. The van der Waals surface area contributed by atoms with Gasteiger partial charge >= 0.3 is 0 Å². The molecule has 1 aliphatic heterocycles. The van der Waals surface area contributed by atoms with Gasteiger partial charge in [0.25, 0.3) is 0 Å². The molecule has 0 nitrogen and oxygen atoms in total. The number of hydrogen-bond donors (Lipinski definition) is 0. The fraction of sp³-hybridized carbons (Fsp3) is 0.583. The summed E-state index contributed by atoms with van der Waals surface area (Å²) in [6.45, 7) is 14.9. The molecule has 0 amide bonds. The van der Waals surface area contributed by atoms with Gasteiger partial charge in [-0.25, -0.2) is 0 Å². The van der Waals surface area contributed by atoms with Crippen molar-refractivity contribution in [2.75, 3.05) is 0 Å². The Kier molecular flexibility index (Phi) is 5.44. The van der Waals surface area contributed by atoms with Gasteiger partial charge in [-0.2, -0.15) is 0 Å². The highest BCUT2D eigenvalue weighted by atomic mass is 28.3. The fourth-order valence-corrected chi connectivity index (χ4v) is 13.9. The lowest BCUT2D eigenvalue weighted by Gasteiger charge is -2.53. The lowest BCUT2D eigenvalue weighted by molar-refractivity contribution is 0.515. The van der Waals surface area contributed by atoms with Crippen molar-refractivity contribution in [2.45, 2.75) is 89.8 Å². The van der Waals surface area contributed by atoms with Crippen LogP contribution in [0.15, 0.2) is 36.4 Å². The number of benzene rings is 2. The Balaban J connectivity index is 2.41. The molecular weight excluding hydrogens is 316 g/mol. The van der Waals surface area contributed by atoms with Crippen LogP contribution in [-0.4, -0.2) is 8.07 Å². The van der Waals surface area contributed by atoms with Crippen LogP contribution in [0.1, 0.15) is 78.7 Å². The maximum absolute atomic E-state index is 2.53. The average Bonchev–Trinajstić information content (AvgIpc) is 2.58. The van der Waals surface area contributed by atoms with E-state index in [4.69, 9.17) is 0 Å². The summed E-state index contributed by atoms with van der Waals surface area (Å²) in [4.78, 5) is 0. The smallest absolute Gasteiger partial charge is 0.0654 e. The SMILES string of the molecule is CCC[C@@H]1[C@@H](CCC)c2cccc3cccc(c23)[Si]1(C(C)C)C(C)C. The van der Waals surface area contributed by atoms with Crippen molar-refractivity contribution >= 4 is 24.0 Å². The molecule has 25 heavy (non-hydrogen) atoms. The van der Waals surface area contributed by atoms with E-state index in [0.29, 0.717) is 0 Å². The van der Waals surface area contributed by atoms with Crippen LogP contribution in [0.3, 0.4) is 0 Å². The maximum atomic E-state index is 2.53. The van der Waals surface area contributed by atoms with Crippen LogP contribution < -0.4 is 5.19 Å². The van der Waals surface area contributed by atoms with Crippen molar-refractivity contribution in [1.82, 2.24) is 0 Å². The molecule has 2 aromatic carbocycles. The van der Waals surface area contributed by atoms with Crippen molar-refractivity contribution in [3.05, 3.63) is 42.0 Å². The van der Waals surface area contributed by atoms with Crippen LogP contribution in [-0.2, 0) is 0 Å². The standard InChI is InChI=1S/C24H36Si/c1-7-11-20-21-15-9-13-19-14-10-16-23(24(19)21)25(17(3)4,18(5)6)22(20)12-8-2/h9-10,13-18,20,22H,7-8,11-12H2,1-6H3/t20-,22+/m0/s1. The minimum atomic E-state index is -1.64. The quantitative estimate of drug-likeness (QED) is 0.476. The summed E-state index contributed by atoms with van der Waals surface area (Å²) in [5.41, 5.74) is 4.14. The van der Waals surface area contributed by atoms with E-state index in [0.717, 1.165) is 22.5 Å². The first-order valence-electron chi connectivity index (χ1n) is 10.5. The molecule has 0 spiro atoms. The van der Waals surface area contributed by atoms with E-state index in [1.165, 1.54) is 31.1 Å². The molecule has 0 aromatic heterocycles. The van der Waals surface area contributed by atoms with Gasteiger partial charge in [0, 0.05) is 0 Å². The first-order valence-corrected chi connectivity index (χ1v) is 12.7. The Bertz CT molecular complexity index is 715. The third-order valence-electron chi connectivity index (χ3n) is 7.01. The molecule has 0 bridgehead atoms. The summed E-state index contributed by atoms with van der Waals surface area (Å²) in [6, 6.07) is 14.3. The van der Waals surface area contributed by atoms with E-state index in [2.05, 4.69) is 77.9 Å². The van der Waals surface area contributed by atoms with Crippen molar-refractivity contribution in [2.24, 2.45) is 0 Å². The van der Waals surface area contributed by atoms with Gasteiger partial charge in [0.05, 0.1) is 8.07 Å². The van der Waals surface area contributed by atoms with Gasteiger partial charge < -0.3 is 0 Å². The summed E-state index contributed by atoms with van der Waals surface area (Å²) < 4.78 is 0. The molecule has 0 saturated carbocycles. The molecule has 1 heteroatoms. The van der Waals surface area contributed by atoms with Crippen LogP contribution in [0.2, 0.25) is 16.6 Å². The highest BCUT2D eigenvalue weighted by Crippen LogP contribution is 2.56. The summed E-state index contributed by atoms with van der Waals surface area (Å²) in [6.07, 6.45) is 5.37. The lowest BCUT2D eigenvalue weighted by Crippen LogP contribution is -2.60. The highest BCUT2D eigenvalue weighted by molar-refractivity contribution is 6.97. The van der Waals surface area contributed by atoms with E-state index in [-0.39, 0.29) is 0 Å². The molecule has 0 radical (unpaired) electrons. The second-order valence-corrected chi connectivity index (χ2v) is 14.2. The molecule has 1 aliphatic rings. The van der Waals surface area contributed by atoms with Gasteiger partial charge in [0.2, 0.25) is 0 Å². The lowest BCUT2D eigenvalue weighted by atomic mass is 9.85. The maximum Gasteiger partial charge on any atom is 0.0962 e. The largest absolute Gasteiger partial charge is 0.0962 e. The van der Waals surface area contributed by atoms with E-state index in [1.54, 1.807) is 16.1 Å². The van der Waals surface area contributed by atoms with Crippen LogP contribution in [0.5, 0.6) is 0 Å². The summed E-state index contributed by atoms with van der Waals surface area (Å²) in [5, 5.41) is 4.89.